The Labute approximate surface area is 151 Å². The van der Waals surface area contributed by atoms with Crippen LogP contribution in [0.15, 0.2) is 29.8 Å². The lowest BCUT2D eigenvalue weighted by Gasteiger charge is -2.26. The fourth-order valence-corrected chi connectivity index (χ4v) is 3.05. The van der Waals surface area contributed by atoms with Gasteiger partial charge in [-0.25, -0.2) is 9.59 Å². The van der Waals surface area contributed by atoms with Crippen molar-refractivity contribution in [3.05, 3.63) is 41.0 Å². The van der Waals surface area contributed by atoms with Crippen molar-refractivity contribution in [1.29, 1.82) is 0 Å². The van der Waals surface area contributed by atoms with Crippen LogP contribution in [0.5, 0.6) is 0 Å². The molecule has 1 aliphatic rings. The van der Waals surface area contributed by atoms with Crippen molar-refractivity contribution in [3.63, 3.8) is 0 Å². The molecule has 25 heavy (non-hydrogen) atoms. The summed E-state index contributed by atoms with van der Waals surface area (Å²) in [5.74, 6) is 0.0606. The number of hydrogen-bond acceptors (Lipinski definition) is 4. The van der Waals surface area contributed by atoms with E-state index in [1.54, 1.807) is 0 Å². The van der Waals surface area contributed by atoms with E-state index in [1.165, 1.54) is 51.5 Å². The summed E-state index contributed by atoms with van der Waals surface area (Å²) >= 11 is 0. The maximum Gasteiger partial charge on any atom is 0.345 e. The average Bonchev–Trinajstić information content (AvgIpc) is 2.67. The molecule has 1 aromatic rings. The molecule has 0 aromatic heterocycles. The number of carbonyl (C=O) groups excluding carboxylic acids is 2. The maximum absolute atomic E-state index is 11.7. The summed E-state index contributed by atoms with van der Waals surface area (Å²) in [6.45, 7) is 6.31. The van der Waals surface area contributed by atoms with Gasteiger partial charge in [-0.3, -0.25) is 0 Å². The summed E-state index contributed by atoms with van der Waals surface area (Å²) in [5.41, 5.74) is 2.00. The molecule has 4 nitrogen and oxygen atoms in total. The van der Waals surface area contributed by atoms with Gasteiger partial charge in [-0.2, -0.15) is 0 Å². The Kier molecular flexibility index (Phi) is 8.96. The number of ether oxygens (including phenoxy) is 2. The standard InChI is InChI=1S/C19H24O4.C2H6/c1-13-4-8-15(9-5-13)16-10-6-14(7-11-16)12-17(18(20)22-2)19(21)23-3;1-2/h6-7,10-13,15H,4-5,8-9H2,1-3H3;1-2H3. The molecule has 0 atom stereocenters. The molecular weight excluding hydrogens is 316 g/mol. The highest BCUT2D eigenvalue weighted by atomic mass is 16.5. The highest BCUT2D eigenvalue weighted by Gasteiger charge is 2.21. The van der Waals surface area contributed by atoms with Gasteiger partial charge in [0.2, 0.25) is 0 Å². The SMILES string of the molecule is CC.COC(=O)C(=Cc1ccc(C2CCC(C)CC2)cc1)C(=O)OC. The van der Waals surface area contributed by atoms with E-state index in [4.69, 9.17) is 0 Å². The van der Waals surface area contributed by atoms with Crippen LogP contribution in [-0.2, 0) is 19.1 Å². The Bertz CT molecular complexity index is 560. The molecule has 1 fully saturated rings. The van der Waals surface area contributed by atoms with Crippen molar-refractivity contribution in [2.24, 2.45) is 5.92 Å². The molecular formula is C21H30O4. The summed E-state index contributed by atoms with van der Waals surface area (Å²) in [6, 6.07) is 8.02. The van der Waals surface area contributed by atoms with Crippen LogP contribution in [0.25, 0.3) is 6.08 Å². The van der Waals surface area contributed by atoms with Gasteiger partial charge in [-0.05, 0) is 41.9 Å². The van der Waals surface area contributed by atoms with Crippen LogP contribution < -0.4 is 0 Å². The first-order valence-corrected chi connectivity index (χ1v) is 9.03. The second-order valence-electron chi connectivity index (χ2n) is 6.16. The second-order valence-corrected chi connectivity index (χ2v) is 6.16. The number of benzene rings is 1. The highest BCUT2D eigenvalue weighted by Crippen LogP contribution is 2.35. The van der Waals surface area contributed by atoms with Crippen LogP contribution in [0.3, 0.4) is 0 Å². The van der Waals surface area contributed by atoms with E-state index in [1.807, 2.05) is 26.0 Å². The number of rotatable bonds is 4. The molecule has 138 valence electrons. The minimum absolute atomic E-state index is 0.103. The molecule has 0 radical (unpaired) electrons. The molecule has 0 saturated heterocycles. The van der Waals surface area contributed by atoms with Crippen LogP contribution in [0.1, 0.15) is 63.5 Å². The number of hydrogen-bond donors (Lipinski definition) is 0. The minimum Gasteiger partial charge on any atom is -0.465 e. The fourth-order valence-electron chi connectivity index (χ4n) is 3.05. The van der Waals surface area contributed by atoms with Gasteiger partial charge in [0.1, 0.15) is 5.57 Å². The van der Waals surface area contributed by atoms with Gasteiger partial charge in [-0.1, -0.05) is 57.9 Å². The molecule has 1 saturated carbocycles. The first kappa shape index (κ1) is 20.9. The lowest BCUT2D eigenvalue weighted by atomic mass is 9.79. The maximum atomic E-state index is 11.7. The predicted octanol–water partition coefficient (Wildman–Crippen LogP) is 4.74. The van der Waals surface area contributed by atoms with Crippen molar-refractivity contribution >= 4 is 18.0 Å². The van der Waals surface area contributed by atoms with Crippen molar-refractivity contribution in [3.8, 4) is 0 Å². The summed E-state index contributed by atoms with van der Waals surface area (Å²) < 4.78 is 9.26. The Hall–Kier alpha value is -2.10. The van der Waals surface area contributed by atoms with Gasteiger partial charge in [0.15, 0.2) is 0 Å². The summed E-state index contributed by atoms with van der Waals surface area (Å²) in [5, 5.41) is 0. The van der Waals surface area contributed by atoms with Gasteiger partial charge in [0, 0.05) is 0 Å². The zero-order valence-electron chi connectivity index (χ0n) is 16.0. The van der Waals surface area contributed by atoms with E-state index in [-0.39, 0.29) is 5.57 Å². The fraction of sp³-hybridized carbons (Fsp3) is 0.524. The van der Waals surface area contributed by atoms with Gasteiger partial charge in [0.25, 0.3) is 0 Å². The Morgan fingerprint density at radius 2 is 1.40 bits per heavy atom. The predicted molar refractivity (Wildman–Crippen MR) is 100 cm³/mol. The van der Waals surface area contributed by atoms with Crippen LogP contribution in [0, 0.1) is 5.92 Å². The quantitative estimate of drug-likeness (QED) is 0.342. The van der Waals surface area contributed by atoms with E-state index in [9.17, 15) is 9.59 Å². The van der Waals surface area contributed by atoms with Crippen LogP contribution >= 0.6 is 0 Å². The molecule has 0 N–H and O–H groups in total. The normalized spacial score (nSPS) is 19.1. The first-order valence-electron chi connectivity index (χ1n) is 9.03. The molecule has 0 unspecified atom stereocenters. The van der Waals surface area contributed by atoms with Crippen molar-refractivity contribution in [2.45, 2.75) is 52.4 Å². The molecule has 0 amide bonds. The van der Waals surface area contributed by atoms with Gasteiger partial charge in [0.05, 0.1) is 14.2 Å². The van der Waals surface area contributed by atoms with Crippen LogP contribution in [0.4, 0.5) is 0 Å². The van der Waals surface area contributed by atoms with Crippen molar-refractivity contribution in [1.82, 2.24) is 0 Å². The third kappa shape index (κ3) is 6.04. The Balaban J connectivity index is 0.00000151. The lowest BCUT2D eigenvalue weighted by Crippen LogP contribution is -2.15. The summed E-state index contributed by atoms with van der Waals surface area (Å²) in [4.78, 5) is 23.3. The number of esters is 2. The topological polar surface area (TPSA) is 52.6 Å². The van der Waals surface area contributed by atoms with Crippen LogP contribution in [0.2, 0.25) is 0 Å². The van der Waals surface area contributed by atoms with Gasteiger partial charge >= 0.3 is 11.9 Å². The van der Waals surface area contributed by atoms with E-state index in [0.717, 1.165) is 11.5 Å². The zero-order chi connectivity index (χ0) is 18.8. The van der Waals surface area contributed by atoms with Gasteiger partial charge in [-0.15, -0.1) is 0 Å². The van der Waals surface area contributed by atoms with Crippen molar-refractivity contribution < 1.29 is 19.1 Å². The second kappa shape index (κ2) is 10.7. The lowest BCUT2D eigenvalue weighted by molar-refractivity contribution is -0.143. The molecule has 0 spiro atoms. The number of carbonyl (C=O) groups is 2. The zero-order valence-corrected chi connectivity index (χ0v) is 16.0. The first-order chi connectivity index (χ1) is 12.0. The largest absolute Gasteiger partial charge is 0.465 e. The molecule has 2 rings (SSSR count). The van der Waals surface area contributed by atoms with E-state index >= 15 is 0 Å². The molecule has 4 heteroatoms. The Morgan fingerprint density at radius 3 is 1.84 bits per heavy atom. The molecule has 0 aliphatic heterocycles. The highest BCUT2D eigenvalue weighted by molar-refractivity contribution is 6.17. The number of methoxy groups -OCH3 is 2. The molecule has 0 bridgehead atoms. The van der Waals surface area contributed by atoms with Gasteiger partial charge < -0.3 is 9.47 Å². The van der Waals surface area contributed by atoms with E-state index < -0.39 is 11.9 Å². The Morgan fingerprint density at radius 1 is 0.920 bits per heavy atom. The third-order valence-electron chi connectivity index (χ3n) is 4.55. The van der Waals surface area contributed by atoms with E-state index in [2.05, 4.69) is 28.5 Å². The summed E-state index contributed by atoms with van der Waals surface area (Å²) in [7, 11) is 2.48. The molecule has 0 heterocycles. The monoisotopic (exact) mass is 346 g/mol. The average molecular weight is 346 g/mol. The smallest absolute Gasteiger partial charge is 0.345 e. The van der Waals surface area contributed by atoms with Crippen LogP contribution in [-0.4, -0.2) is 26.2 Å². The van der Waals surface area contributed by atoms with E-state index in [0.29, 0.717) is 5.92 Å². The molecule has 1 aliphatic carbocycles. The third-order valence-corrected chi connectivity index (χ3v) is 4.55. The summed E-state index contributed by atoms with van der Waals surface area (Å²) in [6.07, 6.45) is 6.52. The molecule has 1 aromatic carbocycles. The van der Waals surface area contributed by atoms with Crippen molar-refractivity contribution in [2.75, 3.05) is 14.2 Å². The minimum atomic E-state index is -0.692.